The van der Waals surface area contributed by atoms with Gasteiger partial charge in [0.15, 0.2) is 6.39 Å². The molecule has 0 aromatic carbocycles. The van der Waals surface area contributed by atoms with E-state index in [1.165, 1.54) is 6.39 Å². The summed E-state index contributed by atoms with van der Waals surface area (Å²) in [5.74, 6) is 0.147. The van der Waals surface area contributed by atoms with Crippen LogP contribution in [0.3, 0.4) is 0 Å². The van der Waals surface area contributed by atoms with E-state index in [0.717, 1.165) is 12.1 Å². The molecular weight excluding hydrogens is 158 g/mol. The van der Waals surface area contributed by atoms with Crippen LogP contribution in [-0.2, 0) is 9.53 Å². The van der Waals surface area contributed by atoms with Crippen molar-refractivity contribution in [2.24, 2.45) is 0 Å². The van der Waals surface area contributed by atoms with Crippen LogP contribution in [-0.4, -0.2) is 18.1 Å². The zero-order valence-electron chi connectivity index (χ0n) is 6.90. The Bertz CT molecular complexity index is 220. The standard InChI is InChI=1S/C8H11NO3/c1-2-7(3-12-6-10)8-4-11-5-9-8/h4-7H,2-3H2,1H3. The van der Waals surface area contributed by atoms with Gasteiger partial charge in [-0.15, -0.1) is 0 Å². The monoisotopic (exact) mass is 169 g/mol. The maximum atomic E-state index is 9.93. The molecule has 66 valence electrons. The summed E-state index contributed by atoms with van der Waals surface area (Å²) in [6.45, 7) is 2.82. The van der Waals surface area contributed by atoms with Crippen LogP contribution < -0.4 is 0 Å². The van der Waals surface area contributed by atoms with Gasteiger partial charge < -0.3 is 9.15 Å². The summed E-state index contributed by atoms with van der Waals surface area (Å²) in [6.07, 6.45) is 3.82. The molecule has 0 bridgehead atoms. The Hall–Kier alpha value is -1.32. The lowest BCUT2D eigenvalue weighted by atomic mass is 10.1. The number of aromatic nitrogens is 1. The van der Waals surface area contributed by atoms with E-state index in [-0.39, 0.29) is 5.92 Å². The maximum Gasteiger partial charge on any atom is 0.293 e. The summed E-state index contributed by atoms with van der Waals surface area (Å²) in [7, 11) is 0. The Kier molecular flexibility index (Phi) is 3.32. The van der Waals surface area contributed by atoms with Crippen LogP contribution in [0.4, 0.5) is 0 Å². The first kappa shape index (κ1) is 8.77. The highest BCUT2D eigenvalue weighted by Gasteiger charge is 2.12. The summed E-state index contributed by atoms with van der Waals surface area (Å²) in [4.78, 5) is 13.9. The Balaban J connectivity index is 2.51. The molecule has 0 amide bonds. The van der Waals surface area contributed by atoms with Gasteiger partial charge in [-0.05, 0) is 6.42 Å². The quantitative estimate of drug-likeness (QED) is 0.624. The van der Waals surface area contributed by atoms with E-state index in [1.807, 2.05) is 6.92 Å². The molecule has 0 saturated heterocycles. The van der Waals surface area contributed by atoms with Gasteiger partial charge in [0.05, 0.1) is 12.3 Å². The van der Waals surface area contributed by atoms with Crippen molar-refractivity contribution in [3.05, 3.63) is 18.4 Å². The molecule has 0 fully saturated rings. The van der Waals surface area contributed by atoms with Crippen LogP contribution in [0.25, 0.3) is 0 Å². The number of ether oxygens (including phenoxy) is 1. The molecule has 0 aliphatic heterocycles. The first-order chi connectivity index (χ1) is 5.88. The minimum Gasteiger partial charge on any atom is -0.467 e. The summed E-state index contributed by atoms with van der Waals surface area (Å²) in [6, 6.07) is 0. The summed E-state index contributed by atoms with van der Waals surface area (Å²) < 4.78 is 9.47. The normalized spacial score (nSPS) is 12.4. The van der Waals surface area contributed by atoms with E-state index >= 15 is 0 Å². The first-order valence-electron chi connectivity index (χ1n) is 3.81. The second-order valence-electron chi connectivity index (χ2n) is 2.45. The van der Waals surface area contributed by atoms with E-state index in [0.29, 0.717) is 13.1 Å². The van der Waals surface area contributed by atoms with Crippen LogP contribution in [0.1, 0.15) is 25.0 Å². The van der Waals surface area contributed by atoms with Gasteiger partial charge in [-0.3, -0.25) is 4.79 Å². The van der Waals surface area contributed by atoms with Crippen LogP contribution >= 0.6 is 0 Å². The zero-order valence-corrected chi connectivity index (χ0v) is 6.90. The van der Waals surface area contributed by atoms with Gasteiger partial charge in [0.25, 0.3) is 6.47 Å². The SMILES string of the molecule is CCC(COC=O)c1cocn1. The third-order valence-corrected chi connectivity index (χ3v) is 1.73. The van der Waals surface area contributed by atoms with Crippen molar-refractivity contribution in [2.45, 2.75) is 19.3 Å². The Morgan fingerprint density at radius 1 is 1.83 bits per heavy atom. The highest BCUT2D eigenvalue weighted by Crippen LogP contribution is 2.16. The molecular formula is C8H11NO3. The lowest BCUT2D eigenvalue weighted by molar-refractivity contribution is -0.129. The highest BCUT2D eigenvalue weighted by atomic mass is 16.5. The van der Waals surface area contributed by atoms with Gasteiger partial charge in [0.1, 0.15) is 6.26 Å². The van der Waals surface area contributed by atoms with E-state index < -0.39 is 0 Å². The van der Waals surface area contributed by atoms with E-state index in [4.69, 9.17) is 4.42 Å². The molecule has 1 aromatic rings. The van der Waals surface area contributed by atoms with E-state index in [1.54, 1.807) is 6.26 Å². The third-order valence-electron chi connectivity index (χ3n) is 1.73. The molecule has 1 atom stereocenters. The fourth-order valence-electron chi connectivity index (χ4n) is 0.991. The summed E-state index contributed by atoms with van der Waals surface area (Å²) in [5, 5.41) is 0. The molecule has 0 N–H and O–H groups in total. The van der Waals surface area contributed by atoms with Crippen LogP contribution in [0, 0.1) is 0 Å². The maximum absolute atomic E-state index is 9.93. The van der Waals surface area contributed by atoms with Crippen molar-refractivity contribution in [1.82, 2.24) is 4.98 Å². The number of hydrogen-bond donors (Lipinski definition) is 0. The molecule has 4 nitrogen and oxygen atoms in total. The first-order valence-corrected chi connectivity index (χ1v) is 3.81. The van der Waals surface area contributed by atoms with Gasteiger partial charge >= 0.3 is 0 Å². The lowest BCUT2D eigenvalue weighted by Crippen LogP contribution is -2.06. The largest absolute Gasteiger partial charge is 0.467 e. The van der Waals surface area contributed by atoms with Crippen LogP contribution in [0.2, 0.25) is 0 Å². The Morgan fingerprint density at radius 3 is 3.17 bits per heavy atom. The van der Waals surface area contributed by atoms with Crippen molar-refractivity contribution < 1.29 is 13.9 Å². The lowest BCUT2D eigenvalue weighted by Gasteiger charge is -2.08. The van der Waals surface area contributed by atoms with Crippen molar-refractivity contribution in [3.8, 4) is 0 Å². The average Bonchev–Trinajstić information content (AvgIpc) is 2.59. The van der Waals surface area contributed by atoms with Crippen molar-refractivity contribution >= 4 is 6.47 Å². The number of rotatable bonds is 5. The summed E-state index contributed by atoms with van der Waals surface area (Å²) in [5.41, 5.74) is 0.833. The predicted octanol–water partition coefficient (Wildman–Crippen LogP) is 1.34. The fraction of sp³-hybridized carbons (Fsp3) is 0.500. The van der Waals surface area contributed by atoms with E-state index in [2.05, 4.69) is 9.72 Å². The molecule has 0 spiro atoms. The van der Waals surface area contributed by atoms with Crippen molar-refractivity contribution in [1.29, 1.82) is 0 Å². The summed E-state index contributed by atoms with van der Waals surface area (Å²) >= 11 is 0. The Morgan fingerprint density at radius 2 is 2.67 bits per heavy atom. The topological polar surface area (TPSA) is 52.3 Å². The molecule has 1 rings (SSSR count). The molecule has 0 saturated carbocycles. The van der Waals surface area contributed by atoms with Gasteiger partial charge in [-0.1, -0.05) is 6.92 Å². The molecule has 0 aliphatic rings. The minimum absolute atomic E-state index is 0.147. The van der Waals surface area contributed by atoms with E-state index in [9.17, 15) is 4.79 Å². The number of carbonyl (C=O) groups is 1. The zero-order chi connectivity index (χ0) is 8.81. The molecule has 12 heavy (non-hydrogen) atoms. The smallest absolute Gasteiger partial charge is 0.293 e. The Labute approximate surface area is 70.5 Å². The average molecular weight is 169 g/mol. The molecule has 0 aliphatic carbocycles. The molecule has 1 aromatic heterocycles. The fourth-order valence-corrected chi connectivity index (χ4v) is 0.991. The number of hydrogen-bond acceptors (Lipinski definition) is 4. The third kappa shape index (κ3) is 2.08. The molecule has 4 heteroatoms. The second kappa shape index (κ2) is 4.54. The van der Waals surface area contributed by atoms with Crippen molar-refractivity contribution in [2.75, 3.05) is 6.61 Å². The van der Waals surface area contributed by atoms with Gasteiger partial charge in [-0.2, -0.15) is 0 Å². The second-order valence-corrected chi connectivity index (χ2v) is 2.45. The van der Waals surface area contributed by atoms with Gasteiger partial charge in [0, 0.05) is 5.92 Å². The number of carbonyl (C=O) groups excluding carboxylic acids is 1. The molecule has 1 heterocycles. The molecule has 1 unspecified atom stereocenters. The predicted molar refractivity (Wildman–Crippen MR) is 41.6 cm³/mol. The number of nitrogens with zero attached hydrogens (tertiary/aromatic N) is 1. The van der Waals surface area contributed by atoms with Crippen LogP contribution in [0.15, 0.2) is 17.1 Å². The van der Waals surface area contributed by atoms with Crippen molar-refractivity contribution in [3.63, 3.8) is 0 Å². The van der Waals surface area contributed by atoms with Crippen LogP contribution in [0.5, 0.6) is 0 Å². The number of oxazole rings is 1. The molecule has 0 radical (unpaired) electrons. The highest BCUT2D eigenvalue weighted by molar-refractivity contribution is 5.37. The van der Waals surface area contributed by atoms with Gasteiger partial charge in [-0.25, -0.2) is 4.98 Å². The van der Waals surface area contributed by atoms with Gasteiger partial charge in [0.2, 0.25) is 0 Å². The minimum atomic E-state index is 0.147.